The quantitative estimate of drug-likeness (QED) is 0.806. The molecular formula is C20H30N2O2. The molecule has 1 fully saturated rings. The van der Waals surface area contributed by atoms with Crippen molar-refractivity contribution < 1.29 is 9.59 Å². The van der Waals surface area contributed by atoms with Gasteiger partial charge in [0.05, 0.1) is 0 Å². The summed E-state index contributed by atoms with van der Waals surface area (Å²) < 4.78 is 0. The SMILES string of the molecule is Cc1ccc(NC(=O)C(=O)NC2CCC(C(C)(C)C)CC2)cc1C. The number of amides is 2. The smallest absolute Gasteiger partial charge is 0.313 e. The molecule has 4 heteroatoms. The third kappa shape index (κ3) is 4.83. The fourth-order valence-corrected chi connectivity index (χ4v) is 3.36. The molecule has 0 atom stereocenters. The molecule has 132 valence electrons. The van der Waals surface area contributed by atoms with Crippen molar-refractivity contribution in [2.75, 3.05) is 5.32 Å². The van der Waals surface area contributed by atoms with Crippen molar-refractivity contribution in [2.24, 2.45) is 11.3 Å². The summed E-state index contributed by atoms with van der Waals surface area (Å²) in [5.74, 6) is -0.432. The average Bonchev–Trinajstić information content (AvgIpc) is 2.50. The summed E-state index contributed by atoms with van der Waals surface area (Å²) in [6, 6.07) is 5.76. The van der Waals surface area contributed by atoms with E-state index in [1.807, 2.05) is 32.0 Å². The van der Waals surface area contributed by atoms with Crippen molar-refractivity contribution >= 4 is 17.5 Å². The van der Waals surface area contributed by atoms with Crippen LogP contribution in [0.4, 0.5) is 5.69 Å². The van der Waals surface area contributed by atoms with Crippen LogP contribution in [0.2, 0.25) is 0 Å². The number of benzene rings is 1. The van der Waals surface area contributed by atoms with Crippen molar-refractivity contribution in [1.82, 2.24) is 5.32 Å². The van der Waals surface area contributed by atoms with Crippen molar-refractivity contribution in [1.29, 1.82) is 0 Å². The molecule has 2 rings (SSSR count). The van der Waals surface area contributed by atoms with Crippen LogP contribution in [0.1, 0.15) is 57.6 Å². The number of anilines is 1. The van der Waals surface area contributed by atoms with Crippen molar-refractivity contribution in [3.8, 4) is 0 Å². The number of carbonyl (C=O) groups excluding carboxylic acids is 2. The van der Waals surface area contributed by atoms with E-state index in [0.29, 0.717) is 17.0 Å². The zero-order valence-corrected chi connectivity index (χ0v) is 15.5. The first-order chi connectivity index (χ1) is 11.2. The van der Waals surface area contributed by atoms with Crippen LogP contribution in [0.15, 0.2) is 18.2 Å². The molecule has 0 spiro atoms. The minimum absolute atomic E-state index is 0.113. The fourth-order valence-electron chi connectivity index (χ4n) is 3.36. The van der Waals surface area contributed by atoms with Gasteiger partial charge in [-0.1, -0.05) is 26.8 Å². The molecule has 1 aliphatic carbocycles. The molecule has 0 heterocycles. The first-order valence-corrected chi connectivity index (χ1v) is 8.86. The monoisotopic (exact) mass is 330 g/mol. The first kappa shape index (κ1) is 18.5. The van der Waals surface area contributed by atoms with E-state index in [4.69, 9.17) is 0 Å². The second-order valence-electron chi connectivity index (χ2n) is 8.14. The molecular weight excluding hydrogens is 300 g/mol. The predicted octanol–water partition coefficient (Wildman–Crippen LogP) is 3.96. The average molecular weight is 330 g/mol. The van der Waals surface area contributed by atoms with Gasteiger partial charge < -0.3 is 10.6 Å². The van der Waals surface area contributed by atoms with Crippen LogP contribution in [-0.4, -0.2) is 17.9 Å². The summed E-state index contributed by atoms with van der Waals surface area (Å²) in [7, 11) is 0. The van der Waals surface area contributed by atoms with Crippen LogP contribution in [0, 0.1) is 25.2 Å². The number of aryl methyl sites for hydroxylation is 2. The largest absolute Gasteiger partial charge is 0.345 e. The van der Waals surface area contributed by atoms with Crippen LogP contribution in [-0.2, 0) is 9.59 Å². The highest BCUT2D eigenvalue weighted by atomic mass is 16.2. The Labute approximate surface area is 145 Å². The minimum Gasteiger partial charge on any atom is -0.345 e. The molecule has 2 amide bonds. The minimum atomic E-state index is -0.587. The van der Waals surface area contributed by atoms with Gasteiger partial charge in [0.25, 0.3) is 0 Å². The Morgan fingerprint density at radius 3 is 2.12 bits per heavy atom. The Morgan fingerprint density at radius 2 is 1.58 bits per heavy atom. The normalized spacial score (nSPS) is 21.2. The molecule has 0 aliphatic heterocycles. The highest BCUT2D eigenvalue weighted by molar-refractivity contribution is 6.39. The molecule has 0 aromatic heterocycles. The van der Waals surface area contributed by atoms with Crippen LogP contribution in [0.3, 0.4) is 0 Å². The van der Waals surface area contributed by atoms with Crippen molar-refractivity contribution in [2.45, 2.75) is 66.3 Å². The van der Waals surface area contributed by atoms with Crippen LogP contribution < -0.4 is 10.6 Å². The van der Waals surface area contributed by atoms with E-state index in [0.717, 1.165) is 36.8 Å². The highest BCUT2D eigenvalue weighted by Crippen LogP contribution is 2.37. The molecule has 0 saturated heterocycles. The van der Waals surface area contributed by atoms with Crippen LogP contribution in [0.5, 0.6) is 0 Å². The van der Waals surface area contributed by atoms with Gasteiger partial charge in [0, 0.05) is 11.7 Å². The Hall–Kier alpha value is -1.84. The first-order valence-electron chi connectivity index (χ1n) is 8.86. The lowest BCUT2D eigenvalue weighted by atomic mass is 9.71. The van der Waals surface area contributed by atoms with Gasteiger partial charge >= 0.3 is 11.8 Å². The molecule has 0 bridgehead atoms. The second-order valence-corrected chi connectivity index (χ2v) is 8.14. The molecule has 4 nitrogen and oxygen atoms in total. The van der Waals surface area contributed by atoms with Gasteiger partial charge in [0.2, 0.25) is 0 Å². The number of hydrogen-bond acceptors (Lipinski definition) is 2. The molecule has 1 saturated carbocycles. The van der Waals surface area contributed by atoms with Gasteiger partial charge in [-0.15, -0.1) is 0 Å². The predicted molar refractivity (Wildman–Crippen MR) is 97.9 cm³/mol. The lowest BCUT2D eigenvalue weighted by molar-refractivity contribution is -0.136. The van der Waals surface area contributed by atoms with E-state index < -0.39 is 11.8 Å². The van der Waals surface area contributed by atoms with Crippen molar-refractivity contribution in [3.05, 3.63) is 29.3 Å². The maximum atomic E-state index is 12.1. The summed E-state index contributed by atoms with van der Waals surface area (Å²) in [5, 5.41) is 5.57. The van der Waals surface area contributed by atoms with Crippen molar-refractivity contribution in [3.63, 3.8) is 0 Å². The molecule has 0 unspecified atom stereocenters. The van der Waals surface area contributed by atoms with Crippen LogP contribution in [0.25, 0.3) is 0 Å². The zero-order valence-electron chi connectivity index (χ0n) is 15.5. The van der Waals surface area contributed by atoms with E-state index in [2.05, 4.69) is 31.4 Å². The van der Waals surface area contributed by atoms with E-state index in [1.165, 1.54) is 0 Å². The Kier molecular flexibility index (Phi) is 5.68. The molecule has 1 aromatic rings. The molecule has 24 heavy (non-hydrogen) atoms. The van der Waals surface area contributed by atoms with E-state index in [9.17, 15) is 9.59 Å². The highest BCUT2D eigenvalue weighted by Gasteiger charge is 2.30. The lowest BCUT2D eigenvalue weighted by Crippen LogP contribution is -2.44. The van der Waals surface area contributed by atoms with Crippen LogP contribution >= 0.6 is 0 Å². The molecule has 1 aliphatic rings. The van der Waals surface area contributed by atoms with E-state index in [1.54, 1.807) is 0 Å². The van der Waals surface area contributed by atoms with Gasteiger partial charge in [0.15, 0.2) is 0 Å². The molecule has 1 aromatic carbocycles. The maximum absolute atomic E-state index is 12.1. The zero-order chi connectivity index (χ0) is 17.9. The summed E-state index contributed by atoms with van der Waals surface area (Å²) in [6.45, 7) is 10.8. The standard InChI is InChI=1S/C20H30N2O2/c1-13-6-9-17(12-14(13)2)22-19(24)18(23)21-16-10-7-15(8-11-16)20(3,4)5/h6,9,12,15-16H,7-8,10-11H2,1-5H3,(H,21,23)(H,22,24). The van der Waals surface area contributed by atoms with Gasteiger partial charge in [-0.25, -0.2) is 0 Å². The van der Waals surface area contributed by atoms with Gasteiger partial charge in [-0.2, -0.15) is 0 Å². The number of hydrogen-bond donors (Lipinski definition) is 2. The number of carbonyl (C=O) groups is 2. The second kappa shape index (κ2) is 7.37. The summed E-state index contributed by atoms with van der Waals surface area (Å²) in [6.07, 6.45) is 4.11. The summed E-state index contributed by atoms with van der Waals surface area (Å²) in [5.41, 5.74) is 3.23. The Balaban J connectivity index is 1.84. The molecule has 2 N–H and O–H groups in total. The summed E-state index contributed by atoms with van der Waals surface area (Å²) >= 11 is 0. The van der Waals surface area contributed by atoms with Gasteiger partial charge in [-0.05, 0) is 74.1 Å². The van der Waals surface area contributed by atoms with E-state index >= 15 is 0 Å². The Bertz CT molecular complexity index is 609. The number of nitrogens with one attached hydrogen (secondary N) is 2. The third-order valence-electron chi connectivity index (χ3n) is 5.26. The number of rotatable bonds is 2. The Morgan fingerprint density at radius 1 is 0.958 bits per heavy atom. The topological polar surface area (TPSA) is 58.2 Å². The van der Waals surface area contributed by atoms with E-state index in [-0.39, 0.29) is 6.04 Å². The summed E-state index contributed by atoms with van der Waals surface area (Å²) in [4.78, 5) is 24.2. The van der Waals surface area contributed by atoms with Gasteiger partial charge in [0.1, 0.15) is 0 Å². The fraction of sp³-hybridized carbons (Fsp3) is 0.600. The molecule has 0 radical (unpaired) electrons. The third-order valence-corrected chi connectivity index (χ3v) is 5.26. The maximum Gasteiger partial charge on any atom is 0.313 e. The lowest BCUT2D eigenvalue weighted by Gasteiger charge is -2.37. The van der Waals surface area contributed by atoms with Gasteiger partial charge in [-0.3, -0.25) is 9.59 Å².